The highest BCUT2D eigenvalue weighted by atomic mass is 31.2. The van der Waals surface area contributed by atoms with Crippen LogP contribution < -0.4 is 10.1 Å². The molecule has 2 aromatic carbocycles. The summed E-state index contributed by atoms with van der Waals surface area (Å²) in [7, 11) is -9.79. The minimum atomic E-state index is -5.61. The number of para-hydroxylation sites is 2. The molecule has 7 N–H and O–H groups in total. The van der Waals surface area contributed by atoms with Gasteiger partial charge in [0.25, 0.3) is 11.0 Å². The first-order valence-corrected chi connectivity index (χ1v) is 12.6. The average molecular weight is 515 g/mol. The molecule has 0 unspecified atom stereocenters. The smallest absolute Gasteiger partial charge is 0.369 e. The summed E-state index contributed by atoms with van der Waals surface area (Å²) >= 11 is 0. The number of hydrogen-bond acceptors (Lipinski definition) is 8. The second kappa shape index (κ2) is 10.6. The molecule has 34 heavy (non-hydrogen) atoms. The van der Waals surface area contributed by atoms with E-state index in [0.29, 0.717) is 11.4 Å². The number of aliphatic hydroxyl groups is 2. The molecule has 0 spiro atoms. The van der Waals surface area contributed by atoms with Gasteiger partial charge in [-0.15, -0.1) is 5.11 Å². The third-order valence-electron chi connectivity index (χ3n) is 4.49. The molecular formula is C19H23N3O10P2. The number of methoxy groups -OCH3 is 1. The molecule has 1 amide bonds. The van der Waals surface area contributed by atoms with E-state index in [-0.39, 0.29) is 11.3 Å². The van der Waals surface area contributed by atoms with E-state index in [4.69, 9.17) is 4.74 Å². The summed E-state index contributed by atoms with van der Waals surface area (Å²) in [5, 5.41) is 26.3. The minimum Gasteiger partial charge on any atom is -0.510 e. The van der Waals surface area contributed by atoms with Crippen LogP contribution >= 0.6 is 15.2 Å². The number of benzene rings is 2. The van der Waals surface area contributed by atoms with E-state index < -0.39 is 44.1 Å². The van der Waals surface area contributed by atoms with Crippen LogP contribution in [0.1, 0.15) is 12.5 Å². The van der Waals surface area contributed by atoms with Gasteiger partial charge in [0.05, 0.1) is 18.5 Å². The average Bonchev–Trinajstić information content (AvgIpc) is 2.73. The Kier molecular flexibility index (Phi) is 8.51. The van der Waals surface area contributed by atoms with Crippen LogP contribution in [0.15, 0.2) is 70.2 Å². The third kappa shape index (κ3) is 6.37. The van der Waals surface area contributed by atoms with Gasteiger partial charge in [0, 0.05) is 6.42 Å². The van der Waals surface area contributed by atoms with Crippen molar-refractivity contribution in [1.82, 2.24) is 0 Å². The number of hydrogen-bond donors (Lipinski definition) is 7. The maximum atomic E-state index is 12.5. The minimum absolute atomic E-state index is 0.0175. The second-order valence-corrected chi connectivity index (χ2v) is 11.0. The number of nitrogens with one attached hydrogen (secondary N) is 1. The van der Waals surface area contributed by atoms with Crippen molar-refractivity contribution in [3.63, 3.8) is 0 Å². The molecule has 0 bridgehead atoms. The molecular weight excluding hydrogens is 492 g/mol. The normalized spacial score (nSPS) is 13.5. The number of anilines is 1. The van der Waals surface area contributed by atoms with Crippen molar-refractivity contribution in [1.29, 1.82) is 0 Å². The summed E-state index contributed by atoms with van der Waals surface area (Å²) < 4.78 is 28.1. The van der Waals surface area contributed by atoms with Crippen LogP contribution in [0.5, 0.6) is 5.75 Å². The molecule has 0 fully saturated rings. The van der Waals surface area contributed by atoms with Crippen LogP contribution in [-0.4, -0.2) is 47.9 Å². The van der Waals surface area contributed by atoms with Gasteiger partial charge in [0.15, 0.2) is 5.70 Å². The number of rotatable bonds is 9. The van der Waals surface area contributed by atoms with E-state index in [9.17, 15) is 43.7 Å². The van der Waals surface area contributed by atoms with Gasteiger partial charge in [0.1, 0.15) is 11.5 Å². The van der Waals surface area contributed by atoms with Crippen molar-refractivity contribution < 1.29 is 48.4 Å². The first kappa shape index (κ1) is 27.4. The van der Waals surface area contributed by atoms with Crippen LogP contribution in [0.25, 0.3) is 0 Å². The maximum absolute atomic E-state index is 12.5. The number of amides is 1. The molecule has 0 aliphatic rings. The number of nitrogens with zero attached hydrogens (tertiary/aromatic N) is 2. The van der Waals surface area contributed by atoms with E-state index in [1.165, 1.54) is 38.3 Å². The van der Waals surface area contributed by atoms with Gasteiger partial charge in [-0.05, 0) is 36.8 Å². The molecule has 0 saturated heterocycles. The third-order valence-corrected chi connectivity index (χ3v) is 8.23. The Bertz CT molecular complexity index is 1180. The van der Waals surface area contributed by atoms with Crippen LogP contribution in [0.2, 0.25) is 0 Å². The Hall–Kier alpha value is -2.89. The predicted molar refractivity (Wildman–Crippen MR) is 121 cm³/mol. The molecule has 2 aromatic rings. The van der Waals surface area contributed by atoms with Crippen molar-refractivity contribution in [2.24, 2.45) is 10.2 Å². The number of aliphatic hydroxyl groups excluding tert-OH is 1. The lowest BCUT2D eigenvalue weighted by Crippen LogP contribution is -2.31. The summed E-state index contributed by atoms with van der Waals surface area (Å²) in [5.74, 6) is -0.830. The van der Waals surface area contributed by atoms with E-state index in [0.717, 1.165) is 0 Å². The highest BCUT2D eigenvalue weighted by molar-refractivity contribution is 7.72. The highest BCUT2D eigenvalue weighted by Gasteiger charge is 2.59. The van der Waals surface area contributed by atoms with Gasteiger partial charge < -0.3 is 39.8 Å². The number of carbonyl (C=O) groups is 1. The predicted octanol–water partition coefficient (Wildman–Crippen LogP) is 2.75. The summed E-state index contributed by atoms with van der Waals surface area (Å²) in [6.07, 6.45) is -1.04. The van der Waals surface area contributed by atoms with Gasteiger partial charge in [-0.25, -0.2) is 0 Å². The lowest BCUT2D eigenvalue weighted by molar-refractivity contribution is -0.113. The first-order valence-electron chi connectivity index (χ1n) is 9.38. The zero-order valence-corrected chi connectivity index (χ0v) is 19.7. The lowest BCUT2D eigenvalue weighted by Gasteiger charge is -2.29. The standard InChI is InChI=1S/C19H23N3O10P2/c1-12(23)17(18(24)20-15-5-3-4-6-16(15)32-2)22-21-14-9-7-13(8-10-14)11-19(25,33(26,27)28)34(29,30)31/h3-10,23,25H,11H2,1-2H3,(H,20,24)(H2,26,27,28)(H2,29,30,31)/b17-12-,22-21?. The molecule has 2 rings (SSSR count). The summed E-state index contributed by atoms with van der Waals surface area (Å²) in [4.78, 5) is 49.5. The van der Waals surface area contributed by atoms with E-state index in [1.807, 2.05) is 0 Å². The topological polar surface area (TPSA) is 219 Å². The molecule has 0 atom stereocenters. The Morgan fingerprint density at radius 3 is 2.09 bits per heavy atom. The Labute approximate surface area is 193 Å². The van der Waals surface area contributed by atoms with Crippen molar-refractivity contribution in [3.8, 4) is 5.75 Å². The molecule has 15 heteroatoms. The zero-order valence-electron chi connectivity index (χ0n) is 17.9. The van der Waals surface area contributed by atoms with Crippen LogP contribution in [0, 0.1) is 0 Å². The monoisotopic (exact) mass is 515 g/mol. The fourth-order valence-electron chi connectivity index (χ4n) is 2.65. The second-order valence-electron chi connectivity index (χ2n) is 6.99. The number of carbonyl (C=O) groups excluding carboxylic acids is 1. The largest absolute Gasteiger partial charge is 0.510 e. The van der Waals surface area contributed by atoms with Gasteiger partial charge in [-0.1, -0.05) is 24.3 Å². The highest BCUT2D eigenvalue weighted by Crippen LogP contribution is 2.68. The lowest BCUT2D eigenvalue weighted by atomic mass is 10.1. The van der Waals surface area contributed by atoms with E-state index in [1.54, 1.807) is 24.3 Å². The van der Waals surface area contributed by atoms with Gasteiger partial charge >= 0.3 is 15.2 Å². The van der Waals surface area contributed by atoms with Gasteiger partial charge in [0.2, 0.25) is 0 Å². The summed E-state index contributed by atoms with van der Waals surface area (Å²) in [5.41, 5.74) is 0.0304. The first-order chi connectivity index (χ1) is 15.7. The Morgan fingerprint density at radius 1 is 1.03 bits per heavy atom. The Balaban J connectivity index is 2.22. The fraction of sp³-hybridized carbons (Fsp3) is 0.211. The summed E-state index contributed by atoms with van der Waals surface area (Å²) in [6, 6.07) is 11.5. The van der Waals surface area contributed by atoms with Crippen molar-refractivity contribution in [2.45, 2.75) is 18.4 Å². The number of ether oxygens (including phenoxy) is 1. The number of azo groups is 1. The molecule has 0 aliphatic carbocycles. The number of allylic oxidation sites excluding steroid dienone is 1. The van der Waals surface area contributed by atoms with Crippen LogP contribution in [0.3, 0.4) is 0 Å². The van der Waals surface area contributed by atoms with Crippen molar-refractivity contribution in [2.75, 3.05) is 12.4 Å². The SMILES string of the molecule is COc1ccccc1NC(=O)/C(N=Nc1ccc(CC(O)(P(=O)(O)O)P(=O)(O)O)cc1)=C(\C)O. The van der Waals surface area contributed by atoms with Crippen molar-refractivity contribution in [3.05, 3.63) is 65.6 Å². The molecule has 0 aliphatic heterocycles. The van der Waals surface area contributed by atoms with E-state index >= 15 is 0 Å². The molecule has 0 aromatic heterocycles. The molecule has 0 radical (unpaired) electrons. The quantitative estimate of drug-likeness (QED) is 0.112. The van der Waals surface area contributed by atoms with Gasteiger partial charge in [-0.2, -0.15) is 5.11 Å². The van der Waals surface area contributed by atoms with Gasteiger partial charge in [-0.3, -0.25) is 13.9 Å². The zero-order chi connectivity index (χ0) is 25.7. The molecule has 0 heterocycles. The fourth-order valence-corrected chi connectivity index (χ4v) is 4.78. The maximum Gasteiger partial charge on any atom is 0.369 e. The van der Waals surface area contributed by atoms with Crippen molar-refractivity contribution >= 4 is 32.5 Å². The summed E-state index contributed by atoms with van der Waals surface area (Å²) in [6.45, 7) is 1.23. The Morgan fingerprint density at radius 2 is 1.59 bits per heavy atom. The molecule has 0 saturated carbocycles. The molecule has 184 valence electrons. The van der Waals surface area contributed by atoms with Crippen LogP contribution in [-0.2, 0) is 20.3 Å². The van der Waals surface area contributed by atoms with E-state index in [2.05, 4.69) is 15.5 Å². The molecule has 13 nitrogen and oxygen atoms in total. The van der Waals surface area contributed by atoms with Crippen LogP contribution in [0.4, 0.5) is 11.4 Å².